The molecule has 0 unspecified atom stereocenters. The van der Waals surface area contributed by atoms with E-state index in [1.165, 1.54) is 25.7 Å². The molecule has 100 valence electrons. The van der Waals surface area contributed by atoms with Crippen LogP contribution in [-0.2, 0) is 10.8 Å². The van der Waals surface area contributed by atoms with Gasteiger partial charge < -0.3 is 10.2 Å². The first-order valence-electron chi connectivity index (χ1n) is 6.88. The summed E-state index contributed by atoms with van der Waals surface area (Å²) < 4.78 is 11.3. The van der Waals surface area contributed by atoms with Crippen LogP contribution in [-0.4, -0.2) is 52.8 Å². The van der Waals surface area contributed by atoms with Crippen molar-refractivity contribution in [3.63, 3.8) is 0 Å². The van der Waals surface area contributed by atoms with Crippen molar-refractivity contribution in [3.8, 4) is 0 Å². The Labute approximate surface area is 108 Å². The van der Waals surface area contributed by atoms with E-state index in [2.05, 4.69) is 24.3 Å². The first-order valence-corrected chi connectivity index (χ1v) is 8.37. The van der Waals surface area contributed by atoms with Crippen molar-refractivity contribution in [2.75, 3.05) is 32.1 Å². The van der Waals surface area contributed by atoms with Gasteiger partial charge >= 0.3 is 0 Å². The average molecular weight is 258 g/mol. The summed E-state index contributed by atoms with van der Waals surface area (Å²) in [6.07, 6.45) is 7.58. The third kappa shape index (κ3) is 3.30. The van der Waals surface area contributed by atoms with Crippen LogP contribution in [0, 0.1) is 0 Å². The van der Waals surface area contributed by atoms with Gasteiger partial charge in [0.25, 0.3) is 0 Å². The highest BCUT2D eigenvalue weighted by Crippen LogP contribution is 2.33. The molecular weight excluding hydrogens is 232 g/mol. The van der Waals surface area contributed by atoms with Gasteiger partial charge in [-0.25, -0.2) is 0 Å². The molecule has 0 atom stereocenters. The third-order valence-electron chi connectivity index (χ3n) is 4.59. The third-order valence-corrected chi connectivity index (χ3v) is 5.97. The Bertz CT molecular complexity index is 265. The SMILES string of the molecule is CN(C)C1(CNC2CCS(=O)CC2)CCCC1. The summed E-state index contributed by atoms with van der Waals surface area (Å²) >= 11 is 0. The first kappa shape index (κ1) is 13.5. The minimum atomic E-state index is -0.536. The van der Waals surface area contributed by atoms with E-state index in [-0.39, 0.29) is 0 Å². The number of hydrogen-bond donors (Lipinski definition) is 1. The quantitative estimate of drug-likeness (QED) is 0.826. The minimum absolute atomic E-state index is 0.386. The topological polar surface area (TPSA) is 32.3 Å². The minimum Gasteiger partial charge on any atom is -0.312 e. The molecule has 1 saturated carbocycles. The van der Waals surface area contributed by atoms with Crippen LogP contribution in [0.4, 0.5) is 0 Å². The Hall–Kier alpha value is 0.0700. The highest BCUT2D eigenvalue weighted by Gasteiger charge is 2.36. The van der Waals surface area contributed by atoms with Crippen LogP contribution in [0.15, 0.2) is 0 Å². The normalized spacial score (nSPS) is 33.1. The summed E-state index contributed by atoms with van der Waals surface area (Å²) in [4.78, 5) is 2.41. The van der Waals surface area contributed by atoms with Gasteiger partial charge in [-0.1, -0.05) is 12.8 Å². The van der Waals surface area contributed by atoms with Gasteiger partial charge in [-0.15, -0.1) is 0 Å². The van der Waals surface area contributed by atoms with E-state index in [0.29, 0.717) is 11.6 Å². The Morgan fingerprint density at radius 2 is 1.82 bits per heavy atom. The lowest BCUT2D eigenvalue weighted by molar-refractivity contribution is 0.148. The summed E-state index contributed by atoms with van der Waals surface area (Å²) in [5.41, 5.74) is 0.386. The number of nitrogens with one attached hydrogen (secondary N) is 1. The molecule has 2 fully saturated rings. The highest BCUT2D eigenvalue weighted by molar-refractivity contribution is 7.85. The van der Waals surface area contributed by atoms with Crippen LogP contribution in [0.5, 0.6) is 0 Å². The molecule has 0 aromatic rings. The van der Waals surface area contributed by atoms with Crippen LogP contribution in [0.2, 0.25) is 0 Å². The van der Waals surface area contributed by atoms with Crippen molar-refractivity contribution in [1.82, 2.24) is 10.2 Å². The van der Waals surface area contributed by atoms with Gasteiger partial charge in [-0.2, -0.15) is 0 Å². The molecule has 1 aliphatic carbocycles. The molecule has 0 radical (unpaired) electrons. The molecule has 0 bridgehead atoms. The maximum Gasteiger partial charge on any atom is 0.0327 e. The van der Waals surface area contributed by atoms with Crippen molar-refractivity contribution in [1.29, 1.82) is 0 Å². The van der Waals surface area contributed by atoms with Gasteiger partial charge in [-0.05, 0) is 39.8 Å². The molecule has 3 nitrogen and oxygen atoms in total. The summed E-state index contributed by atoms with van der Waals surface area (Å²) in [7, 11) is 3.89. The predicted octanol–water partition coefficient (Wildman–Crippen LogP) is 1.36. The molecule has 1 aliphatic heterocycles. The summed E-state index contributed by atoms with van der Waals surface area (Å²) in [5, 5.41) is 3.73. The van der Waals surface area contributed by atoms with Crippen molar-refractivity contribution in [2.45, 2.75) is 50.1 Å². The van der Waals surface area contributed by atoms with Crippen molar-refractivity contribution in [2.24, 2.45) is 0 Å². The van der Waals surface area contributed by atoms with E-state index < -0.39 is 10.8 Å². The largest absolute Gasteiger partial charge is 0.312 e. The first-order chi connectivity index (χ1) is 8.12. The van der Waals surface area contributed by atoms with E-state index in [1.54, 1.807) is 0 Å². The zero-order valence-electron chi connectivity index (χ0n) is 11.2. The summed E-state index contributed by atoms with van der Waals surface area (Å²) in [5.74, 6) is 1.79. The number of hydrogen-bond acceptors (Lipinski definition) is 3. The fourth-order valence-electron chi connectivity index (χ4n) is 3.15. The van der Waals surface area contributed by atoms with Gasteiger partial charge in [0, 0.05) is 40.4 Å². The molecule has 0 amide bonds. The molecule has 0 aromatic carbocycles. The number of likely N-dealkylation sites (N-methyl/N-ethyl adjacent to an activating group) is 1. The summed E-state index contributed by atoms with van der Waals surface area (Å²) in [6.45, 7) is 1.11. The second-order valence-corrected chi connectivity index (χ2v) is 7.53. The van der Waals surface area contributed by atoms with Crippen molar-refractivity contribution >= 4 is 10.8 Å². The lowest BCUT2D eigenvalue weighted by Gasteiger charge is -2.38. The fourth-order valence-corrected chi connectivity index (χ4v) is 4.45. The zero-order valence-corrected chi connectivity index (χ0v) is 12.0. The van der Waals surface area contributed by atoms with Crippen molar-refractivity contribution in [3.05, 3.63) is 0 Å². The van der Waals surface area contributed by atoms with Crippen molar-refractivity contribution < 1.29 is 4.21 Å². The van der Waals surface area contributed by atoms with E-state index in [9.17, 15) is 4.21 Å². The van der Waals surface area contributed by atoms with Gasteiger partial charge in [-0.3, -0.25) is 4.21 Å². The number of rotatable bonds is 4. The second kappa shape index (κ2) is 5.81. The maximum absolute atomic E-state index is 11.3. The lowest BCUT2D eigenvalue weighted by Crippen LogP contribution is -2.52. The predicted molar refractivity (Wildman–Crippen MR) is 73.8 cm³/mol. The zero-order chi connectivity index (χ0) is 12.3. The Morgan fingerprint density at radius 3 is 2.35 bits per heavy atom. The summed E-state index contributed by atoms with van der Waals surface area (Å²) in [6, 6.07) is 0.602. The second-order valence-electron chi connectivity index (χ2n) is 5.83. The van der Waals surface area contributed by atoms with Gasteiger partial charge in [0.05, 0.1) is 0 Å². The van der Waals surface area contributed by atoms with E-state index in [0.717, 1.165) is 30.9 Å². The standard InChI is InChI=1S/C13H26N2OS/c1-15(2)13(7-3-4-8-13)11-14-12-5-9-17(16)10-6-12/h12,14H,3-11H2,1-2H3. The van der Waals surface area contributed by atoms with Gasteiger partial charge in [0.1, 0.15) is 0 Å². The van der Waals surface area contributed by atoms with E-state index in [4.69, 9.17) is 0 Å². The smallest absolute Gasteiger partial charge is 0.0327 e. The molecule has 2 aliphatic rings. The van der Waals surface area contributed by atoms with Crippen LogP contribution in [0.25, 0.3) is 0 Å². The average Bonchev–Trinajstić information content (AvgIpc) is 2.78. The molecule has 1 saturated heterocycles. The molecule has 0 aromatic heterocycles. The van der Waals surface area contributed by atoms with E-state index >= 15 is 0 Å². The molecule has 17 heavy (non-hydrogen) atoms. The molecule has 0 spiro atoms. The number of nitrogens with zero attached hydrogens (tertiary/aromatic N) is 1. The monoisotopic (exact) mass is 258 g/mol. The van der Waals surface area contributed by atoms with E-state index in [1.807, 2.05) is 0 Å². The highest BCUT2D eigenvalue weighted by atomic mass is 32.2. The fraction of sp³-hybridized carbons (Fsp3) is 1.00. The van der Waals surface area contributed by atoms with Crippen LogP contribution in [0.3, 0.4) is 0 Å². The molecule has 4 heteroatoms. The van der Waals surface area contributed by atoms with Crippen LogP contribution >= 0.6 is 0 Å². The molecule has 2 rings (SSSR count). The Kier molecular flexibility index (Phi) is 4.61. The van der Waals surface area contributed by atoms with Gasteiger partial charge in [0.2, 0.25) is 0 Å². The van der Waals surface area contributed by atoms with Crippen LogP contribution < -0.4 is 5.32 Å². The molecule has 1 N–H and O–H groups in total. The Balaban J connectivity index is 1.81. The molecular formula is C13H26N2OS. The molecule has 1 heterocycles. The van der Waals surface area contributed by atoms with Crippen LogP contribution in [0.1, 0.15) is 38.5 Å². The lowest BCUT2D eigenvalue weighted by atomic mass is 9.95. The maximum atomic E-state index is 11.3. The van der Waals surface area contributed by atoms with Gasteiger partial charge in [0.15, 0.2) is 0 Å². The Morgan fingerprint density at radius 1 is 1.24 bits per heavy atom.